The number of para-hydroxylation sites is 2. The molecular weight excluding hydrogens is 368 g/mol. The summed E-state index contributed by atoms with van der Waals surface area (Å²) in [4.78, 5) is 24.5. The number of hydrogen-bond acceptors (Lipinski definition) is 4. The van der Waals surface area contributed by atoms with E-state index in [1.54, 1.807) is 24.3 Å². The topological polar surface area (TPSA) is 76.7 Å². The number of benzene rings is 2. The van der Waals surface area contributed by atoms with E-state index in [0.29, 0.717) is 17.3 Å². The van der Waals surface area contributed by atoms with Gasteiger partial charge in [-0.25, -0.2) is 9.59 Å². The summed E-state index contributed by atoms with van der Waals surface area (Å²) in [6, 6.07) is 18.3. The highest BCUT2D eigenvalue weighted by Crippen LogP contribution is 2.52. The van der Waals surface area contributed by atoms with Gasteiger partial charge in [0, 0.05) is 16.8 Å². The summed E-state index contributed by atoms with van der Waals surface area (Å²) < 4.78 is 11.1. The van der Waals surface area contributed by atoms with Crippen molar-refractivity contribution in [3.05, 3.63) is 72.8 Å². The lowest BCUT2D eigenvalue weighted by Gasteiger charge is -2.34. The van der Waals surface area contributed by atoms with E-state index in [-0.39, 0.29) is 24.5 Å². The molecule has 0 spiro atoms. The van der Waals surface area contributed by atoms with E-state index < -0.39 is 12.2 Å². The van der Waals surface area contributed by atoms with Crippen LogP contribution in [-0.2, 0) is 9.47 Å². The van der Waals surface area contributed by atoms with Crippen LogP contribution < -0.4 is 10.6 Å². The Labute approximate surface area is 169 Å². The van der Waals surface area contributed by atoms with Gasteiger partial charge in [-0.3, -0.25) is 10.6 Å². The Bertz CT molecular complexity index is 825. The van der Waals surface area contributed by atoms with Gasteiger partial charge in [0.1, 0.15) is 13.2 Å². The molecular formula is C23H24N2O4. The monoisotopic (exact) mass is 392 g/mol. The minimum absolute atomic E-state index is 0.204. The minimum atomic E-state index is -0.504. The van der Waals surface area contributed by atoms with Crippen LogP contribution in [0.25, 0.3) is 0 Å². The molecule has 0 aromatic heterocycles. The van der Waals surface area contributed by atoms with Gasteiger partial charge in [-0.1, -0.05) is 48.6 Å². The molecule has 150 valence electrons. The van der Waals surface area contributed by atoms with Crippen LogP contribution in [0.5, 0.6) is 0 Å². The average Bonchev–Trinajstić information content (AvgIpc) is 3.34. The van der Waals surface area contributed by atoms with Crippen LogP contribution >= 0.6 is 0 Å². The molecule has 4 rings (SSSR count). The number of ether oxygens (including phenoxy) is 2. The first-order valence-electron chi connectivity index (χ1n) is 9.79. The number of rotatable bonds is 6. The lowest BCUT2D eigenvalue weighted by atomic mass is 9.77. The normalized spacial score (nSPS) is 20.8. The SMILES string of the molecule is O=C(Nc1ccccc1)OCC1(COC(=O)Nc2ccccc2)C[C@H]2C=C[C@H]1C2. The predicted octanol–water partition coefficient (Wildman–Crippen LogP) is 5.07. The largest absolute Gasteiger partial charge is 0.449 e. The maximum Gasteiger partial charge on any atom is 0.411 e. The van der Waals surface area contributed by atoms with Gasteiger partial charge in [0.15, 0.2) is 0 Å². The van der Waals surface area contributed by atoms with Gasteiger partial charge in [0.25, 0.3) is 0 Å². The van der Waals surface area contributed by atoms with Crippen molar-refractivity contribution in [2.24, 2.45) is 17.3 Å². The van der Waals surface area contributed by atoms with Crippen molar-refractivity contribution in [2.75, 3.05) is 23.8 Å². The van der Waals surface area contributed by atoms with Gasteiger partial charge in [0.2, 0.25) is 0 Å². The van der Waals surface area contributed by atoms with E-state index in [1.165, 1.54) is 0 Å². The molecule has 6 nitrogen and oxygen atoms in total. The minimum Gasteiger partial charge on any atom is -0.449 e. The second kappa shape index (κ2) is 8.39. The van der Waals surface area contributed by atoms with E-state index >= 15 is 0 Å². The van der Waals surface area contributed by atoms with Crippen LogP contribution in [0.1, 0.15) is 12.8 Å². The third kappa shape index (κ3) is 4.59. The maximum atomic E-state index is 12.2. The molecule has 2 aromatic carbocycles. The summed E-state index contributed by atoms with van der Waals surface area (Å²) in [6.07, 6.45) is 5.20. The molecule has 2 bridgehead atoms. The van der Waals surface area contributed by atoms with Crippen molar-refractivity contribution in [1.82, 2.24) is 0 Å². The molecule has 6 heteroatoms. The van der Waals surface area contributed by atoms with Crippen molar-refractivity contribution in [3.8, 4) is 0 Å². The van der Waals surface area contributed by atoms with Crippen LogP contribution in [0.15, 0.2) is 72.8 Å². The lowest BCUT2D eigenvalue weighted by molar-refractivity contribution is 0.0172. The Hall–Kier alpha value is -3.28. The zero-order valence-electron chi connectivity index (χ0n) is 16.0. The van der Waals surface area contributed by atoms with E-state index in [1.807, 2.05) is 36.4 Å². The van der Waals surface area contributed by atoms with Gasteiger partial charge in [-0.15, -0.1) is 0 Å². The van der Waals surface area contributed by atoms with Gasteiger partial charge >= 0.3 is 12.2 Å². The molecule has 0 saturated heterocycles. The molecule has 1 saturated carbocycles. The van der Waals surface area contributed by atoms with Crippen molar-refractivity contribution in [3.63, 3.8) is 0 Å². The van der Waals surface area contributed by atoms with E-state index in [0.717, 1.165) is 12.8 Å². The van der Waals surface area contributed by atoms with Crippen molar-refractivity contribution in [2.45, 2.75) is 12.8 Å². The number of amides is 2. The van der Waals surface area contributed by atoms with Crippen molar-refractivity contribution >= 4 is 23.6 Å². The summed E-state index contributed by atoms with van der Waals surface area (Å²) in [7, 11) is 0. The number of nitrogens with one attached hydrogen (secondary N) is 2. The molecule has 0 radical (unpaired) electrons. The highest BCUT2D eigenvalue weighted by molar-refractivity contribution is 5.85. The van der Waals surface area contributed by atoms with Gasteiger partial charge in [0.05, 0.1) is 0 Å². The van der Waals surface area contributed by atoms with Crippen molar-refractivity contribution < 1.29 is 19.1 Å². The number of fused-ring (bicyclic) bond motifs is 2. The third-order valence-corrected chi connectivity index (χ3v) is 5.65. The van der Waals surface area contributed by atoms with Gasteiger partial charge in [-0.2, -0.15) is 0 Å². The van der Waals surface area contributed by atoms with Gasteiger partial charge < -0.3 is 9.47 Å². The Morgan fingerprint density at radius 3 is 1.76 bits per heavy atom. The lowest BCUT2D eigenvalue weighted by Crippen LogP contribution is -2.39. The van der Waals surface area contributed by atoms with Gasteiger partial charge in [-0.05, 0) is 48.9 Å². The Kier molecular flexibility index (Phi) is 5.51. The Morgan fingerprint density at radius 1 is 0.828 bits per heavy atom. The van der Waals surface area contributed by atoms with Crippen LogP contribution in [-0.4, -0.2) is 25.4 Å². The first kappa shape index (κ1) is 19.1. The predicted molar refractivity (Wildman–Crippen MR) is 111 cm³/mol. The maximum absolute atomic E-state index is 12.2. The molecule has 2 N–H and O–H groups in total. The van der Waals surface area contributed by atoms with Crippen LogP contribution in [0.4, 0.5) is 21.0 Å². The smallest absolute Gasteiger partial charge is 0.411 e. The number of hydrogen-bond donors (Lipinski definition) is 2. The van der Waals surface area contributed by atoms with E-state index in [4.69, 9.17) is 9.47 Å². The zero-order chi connectivity index (χ0) is 20.1. The van der Waals surface area contributed by atoms with Crippen LogP contribution in [0, 0.1) is 17.3 Å². The zero-order valence-corrected chi connectivity index (χ0v) is 16.0. The number of carbonyl (C=O) groups is 2. The summed E-state index contributed by atoms with van der Waals surface area (Å²) >= 11 is 0. The number of anilines is 2. The van der Waals surface area contributed by atoms with Crippen molar-refractivity contribution in [1.29, 1.82) is 0 Å². The standard InChI is InChI=1S/C23H24N2O4/c26-21(24-19-7-3-1-4-8-19)28-15-23(14-17-11-12-18(23)13-17)16-29-22(27)25-20-9-5-2-6-10-20/h1-12,17-18H,13-16H2,(H,24,26)(H,25,27)/t17-,18-/m0/s1. The molecule has 2 aromatic rings. The fourth-order valence-corrected chi connectivity index (χ4v) is 4.20. The quantitative estimate of drug-likeness (QED) is 0.673. The molecule has 0 heterocycles. The Morgan fingerprint density at radius 2 is 1.34 bits per heavy atom. The number of carbonyl (C=O) groups excluding carboxylic acids is 2. The second-order valence-corrected chi connectivity index (χ2v) is 7.69. The van der Waals surface area contributed by atoms with E-state index in [9.17, 15) is 9.59 Å². The molecule has 0 unspecified atom stereocenters. The first-order valence-corrected chi connectivity index (χ1v) is 9.79. The summed E-state index contributed by atoms with van der Waals surface area (Å²) in [5.41, 5.74) is 0.970. The summed E-state index contributed by atoms with van der Waals surface area (Å²) in [5, 5.41) is 5.45. The second-order valence-electron chi connectivity index (χ2n) is 7.69. The molecule has 2 aliphatic rings. The summed E-state index contributed by atoms with van der Waals surface area (Å²) in [6.45, 7) is 0.408. The van der Waals surface area contributed by atoms with Crippen LogP contribution in [0.2, 0.25) is 0 Å². The average molecular weight is 392 g/mol. The van der Waals surface area contributed by atoms with Crippen LogP contribution in [0.3, 0.4) is 0 Å². The molecule has 1 fully saturated rings. The van der Waals surface area contributed by atoms with E-state index in [2.05, 4.69) is 22.8 Å². The molecule has 0 aliphatic heterocycles. The summed E-state index contributed by atoms with van der Waals surface area (Å²) in [5.74, 6) is 0.683. The highest BCUT2D eigenvalue weighted by Gasteiger charge is 2.50. The molecule has 2 atom stereocenters. The molecule has 2 amide bonds. The Balaban J connectivity index is 1.35. The third-order valence-electron chi connectivity index (χ3n) is 5.65. The molecule has 2 aliphatic carbocycles. The number of allylic oxidation sites excluding steroid dienone is 2. The molecule has 29 heavy (non-hydrogen) atoms. The highest BCUT2D eigenvalue weighted by atomic mass is 16.6. The fraction of sp³-hybridized carbons (Fsp3) is 0.304. The first-order chi connectivity index (χ1) is 14.1. The fourth-order valence-electron chi connectivity index (χ4n) is 4.20.